The highest BCUT2D eigenvalue weighted by Gasteiger charge is 2.15. The van der Waals surface area contributed by atoms with E-state index in [1.807, 2.05) is 6.92 Å². The van der Waals surface area contributed by atoms with E-state index in [0.717, 1.165) is 0 Å². The van der Waals surface area contributed by atoms with Crippen LogP contribution in [0.3, 0.4) is 0 Å². The second-order valence-electron chi connectivity index (χ2n) is 4.06. The summed E-state index contributed by atoms with van der Waals surface area (Å²) in [6.07, 6.45) is 1.15. The molecule has 18 heavy (non-hydrogen) atoms. The van der Waals surface area contributed by atoms with E-state index in [-0.39, 0.29) is 12.6 Å². The van der Waals surface area contributed by atoms with Crippen LogP contribution < -0.4 is 11.2 Å². The Hall–Kier alpha value is -1.76. The topological polar surface area (TPSA) is 93.5 Å². The van der Waals surface area contributed by atoms with Crippen LogP contribution in [0.25, 0.3) is 0 Å². The number of hydrogen-bond acceptors (Lipinski definition) is 5. The Morgan fingerprint density at radius 1 is 1.50 bits per heavy atom. The Morgan fingerprint density at radius 2 is 2.17 bits per heavy atom. The molecule has 0 aliphatic carbocycles. The van der Waals surface area contributed by atoms with Crippen LogP contribution in [0, 0.1) is 11.8 Å². The Kier molecular flexibility index (Phi) is 4.96. The van der Waals surface area contributed by atoms with Crippen LogP contribution in [0.15, 0.2) is 21.0 Å². The quantitative estimate of drug-likeness (QED) is 0.765. The molecule has 0 fully saturated rings. The summed E-state index contributed by atoms with van der Waals surface area (Å²) in [5.41, 5.74) is -0.524. The number of aromatic nitrogens is 2. The third-order valence-electron chi connectivity index (χ3n) is 2.66. The van der Waals surface area contributed by atoms with Gasteiger partial charge in [-0.3, -0.25) is 14.3 Å². The molecule has 1 aromatic rings. The van der Waals surface area contributed by atoms with Gasteiger partial charge in [-0.25, -0.2) is 4.79 Å². The van der Waals surface area contributed by atoms with Crippen molar-refractivity contribution in [3.05, 3.63) is 37.5 Å². The number of aromatic amines is 1. The fourth-order valence-corrected chi connectivity index (χ4v) is 1.55. The van der Waals surface area contributed by atoms with Gasteiger partial charge in [-0.1, -0.05) is 12.1 Å². The van der Waals surface area contributed by atoms with Crippen molar-refractivity contribution in [1.82, 2.24) is 9.55 Å². The fourth-order valence-electron chi connectivity index (χ4n) is 1.55. The van der Waals surface area contributed by atoms with E-state index in [2.05, 4.69) is 10.2 Å². The minimum Gasteiger partial charge on any atom is -0.353 e. The van der Waals surface area contributed by atoms with Gasteiger partial charge in [0.15, 0.2) is 0 Å². The number of hydrogen-bond donors (Lipinski definition) is 1. The summed E-state index contributed by atoms with van der Waals surface area (Å²) in [5.74, 6) is 0. The molecule has 0 aromatic carbocycles. The van der Waals surface area contributed by atoms with Crippen LogP contribution in [-0.4, -0.2) is 22.2 Å². The van der Waals surface area contributed by atoms with E-state index < -0.39 is 17.5 Å². The molecule has 1 aromatic heterocycles. The number of nitrogens with one attached hydrogen (secondary N) is 1. The second kappa shape index (κ2) is 6.25. The molecule has 100 valence electrons. The number of nitroso groups, excluding NO2 is 1. The molecule has 1 heterocycles. The van der Waals surface area contributed by atoms with Gasteiger partial charge in [0.25, 0.3) is 5.56 Å². The fraction of sp³-hybridized carbons (Fsp3) is 0.636. The van der Waals surface area contributed by atoms with Crippen molar-refractivity contribution in [3.8, 4) is 0 Å². The van der Waals surface area contributed by atoms with Gasteiger partial charge in [0.05, 0.1) is 6.10 Å². The maximum Gasteiger partial charge on any atom is 0.330 e. The number of ether oxygens (including phenoxy) is 1. The molecule has 0 saturated carbocycles. The molecule has 0 amide bonds. The standard InChI is InChI=1S/C11H17N3O4/c1-4-9(5-12-17)18-8(3)14-6-7(2)10(15)13-11(14)16/h6,8-9H,4-5H2,1-3H3,(H,13,15,16). The van der Waals surface area contributed by atoms with Crippen LogP contribution in [0.5, 0.6) is 0 Å². The maximum atomic E-state index is 11.6. The molecule has 1 N–H and O–H groups in total. The van der Waals surface area contributed by atoms with Crippen molar-refractivity contribution in [2.24, 2.45) is 5.18 Å². The largest absolute Gasteiger partial charge is 0.353 e. The molecule has 0 saturated heterocycles. The van der Waals surface area contributed by atoms with Crippen LogP contribution in [0.2, 0.25) is 0 Å². The predicted octanol–water partition coefficient (Wildman–Crippen LogP) is 0.925. The first-order chi connectivity index (χ1) is 8.49. The molecule has 1 rings (SSSR count). The Labute approximate surface area is 104 Å². The number of aryl methyl sites for hydroxylation is 1. The monoisotopic (exact) mass is 255 g/mol. The lowest BCUT2D eigenvalue weighted by Crippen LogP contribution is -2.34. The molecule has 0 radical (unpaired) electrons. The van der Waals surface area contributed by atoms with Gasteiger partial charge < -0.3 is 4.74 Å². The summed E-state index contributed by atoms with van der Waals surface area (Å²) in [5, 5.41) is 2.79. The summed E-state index contributed by atoms with van der Waals surface area (Å²) in [4.78, 5) is 35.2. The minimum atomic E-state index is -0.570. The van der Waals surface area contributed by atoms with Crippen molar-refractivity contribution in [3.63, 3.8) is 0 Å². The van der Waals surface area contributed by atoms with Gasteiger partial charge in [-0.15, -0.1) is 0 Å². The molecule has 7 nitrogen and oxygen atoms in total. The maximum absolute atomic E-state index is 11.6. The van der Waals surface area contributed by atoms with E-state index in [9.17, 15) is 14.5 Å². The van der Waals surface area contributed by atoms with Crippen LogP contribution in [-0.2, 0) is 4.74 Å². The summed E-state index contributed by atoms with van der Waals surface area (Å²) in [7, 11) is 0. The van der Waals surface area contributed by atoms with E-state index in [0.29, 0.717) is 12.0 Å². The summed E-state index contributed by atoms with van der Waals surface area (Å²) in [6.45, 7) is 5.18. The zero-order valence-corrected chi connectivity index (χ0v) is 10.7. The molecular weight excluding hydrogens is 238 g/mol. The molecule has 2 atom stereocenters. The van der Waals surface area contributed by atoms with Crippen LogP contribution in [0.4, 0.5) is 0 Å². The highest BCUT2D eigenvalue weighted by molar-refractivity contribution is 5.01. The van der Waals surface area contributed by atoms with Crippen molar-refractivity contribution >= 4 is 0 Å². The lowest BCUT2D eigenvalue weighted by atomic mass is 10.3. The van der Waals surface area contributed by atoms with E-state index in [4.69, 9.17) is 4.74 Å². The summed E-state index contributed by atoms with van der Waals surface area (Å²) in [6, 6.07) is 0. The first-order valence-corrected chi connectivity index (χ1v) is 5.76. The summed E-state index contributed by atoms with van der Waals surface area (Å²) < 4.78 is 6.83. The van der Waals surface area contributed by atoms with E-state index >= 15 is 0 Å². The number of rotatable bonds is 6. The van der Waals surface area contributed by atoms with Crippen LogP contribution >= 0.6 is 0 Å². The third kappa shape index (κ3) is 3.36. The minimum absolute atomic E-state index is 0.0396. The molecule has 0 aliphatic heterocycles. The van der Waals surface area contributed by atoms with Gasteiger partial charge in [-0.2, -0.15) is 4.91 Å². The van der Waals surface area contributed by atoms with Gasteiger partial charge in [0.1, 0.15) is 12.8 Å². The average molecular weight is 255 g/mol. The van der Waals surface area contributed by atoms with Crippen molar-refractivity contribution in [2.45, 2.75) is 39.5 Å². The predicted molar refractivity (Wildman–Crippen MR) is 66.6 cm³/mol. The average Bonchev–Trinajstić information content (AvgIpc) is 2.33. The van der Waals surface area contributed by atoms with Gasteiger partial charge in [-0.05, 0) is 20.3 Å². The van der Waals surface area contributed by atoms with Crippen molar-refractivity contribution in [2.75, 3.05) is 6.54 Å². The molecule has 0 spiro atoms. The van der Waals surface area contributed by atoms with Crippen molar-refractivity contribution < 1.29 is 4.74 Å². The first-order valence-electron chi connectivity index (χ1n) is 5.76. The molecule has 0 aliphatic rings. The zero-order valence-electron chi connectivity index (χ0n) is 10.7. The lowest BCUT2D eigenvalue weighted by molar-refractivity contribution is -0.0421. The molecule has 0 bridgehead atoms. The van der Waals surface area contributed by atoms with E-state index in [1.54, 1.807) is 13.8 Å². The number of H-pyrrole nitrogens is 1. The Morgan fingerprint density at radius 3 is 2.72 bits per heavy atom. The van der Waals surface area contributed by atoms with Crippen molar-refractivity contribution in [1.29, 1.82) is 0 Å². The van der Waals surface area contributed by atoms with Gasteiger partial charge in [0, 0.05) is 11.8 Å². The van der Waals surface area contributed by atoms with E-state index in [1.165, 1.54) is 10.8 Å². The normalized spacial score (nSPS) is 14.2. The zero-order chi connectivity index (χ0) is 13.7. The van der Waals surface area contributed by atoms with Crippen LogP contribution in [0.1, 0.15) is 32.1 Å². The van der Waals surface area contributed by atoms with Gasteiger partial charge in [0.2, 0.25) is 0 Å². The number of nitrogens with zero attached hydrogens (tertiary/aromatic N) is 2. The smallest absolute Gasteiger partial charge is 0.330 e. The molecule has 7 heteroatoms. The highest BCUT2D eigenvalue weighted by Crippen LogP contribution is 2.10. The lowest BCUT2D eigenvalue weighted by Gasteiger charge is -2.21. The molecule has 2 unspecified atom stereocenters. The Bertz CT molecular complexity index is 520. The first kappa shape index (κ1) is 14.3. The third-order valence-corrected chi connectivity index (χ3v) is 2.66. The second-order valence-corrected chi connectivity index (χ2v) is 4.06. The Balaban J connectivity index is 2.93. The summed E-state index contributed by atoms with van der Waals surface area (Å²) >= 11 is 0. The SMILES string of the molecule is CCC(CN=O)OC(C)n1cc(C)c(=O)[nH]c1=O. The highest BCUT2D eigenvalue weighted by atomic mass is 16.5. The van der Waals surface area contributed by atoms with Gasteiger partial charge >= 0.3 is 5.69 Å². The molecular formula is C11H17N3O4.